The van der Waals surface area contributed by atoms with Gasteiger partial charge in [0.15, 0.2) is 5.82 Å². The minimum absolute atomic E-state index is 0.509. The summed E-state index contributed by atoms with van der Waals surface area (Å²) >= 11 is 0. The van der Waals surface area contributed by atoms with Crippen LogP contribution in [0, 0.1) is 0 Å². The van der Waals surface area contributed by atoms with E-state index in [0.717, 1.165) is 22.8 Å². The predicted molar refractivity (Wildman–Crippen MR) is 146 cm³/mol. The zero-order valence-corrected chi connectivity index (χ0v) is 20.6. The molecule has 184 valence electrons. The Morgan fingerprint density at radius 1 is 0.778 bits per heavy atom. The average molecular weight is 483 g/mol. The first-order valence-corrected chi connectivity index (χ1v) is 11.3. The molecule has 0 unspecified atom stereocenters. The number of anilines is 3. The number of rotatable bonds is 7. The van der Waals surface area contributed by atoms with Crippen LogP contribution in [-0.2, 0) is 0 Å². The van der Waals surface area contributed by atoms with Crippen molar-refractivity contribution in [2.45, 2.75) is 6.92 Å². The normalized spacial score (nSPS) is 10.8. The van der Waals surface area contributed by atoms with Crippen LogP contribution in [0.15, 0.2) is 112 Å². The maximum Gasteiger partial charge on any atom is 0.174 e. The second kappa shape index (κ2) is 13.2. The van der Waals surface area contributed by atoms with Crippen molar-refractivity contribution in [3.05, 3.63) is 91.1 Å². The van der Waals surface area contributed by atoms with Crippen LogP contribution in [0.4, 0.5) is 39.9 Å². The van der Waals surface area contributed by atoms with Crippen molar-refractivity contribution >= 4 is 39.9 Å². The fraction of sp³-hybridized carbons (Fsp3) is 0.148. The summed E-state index contributed by atoms with van der Waals surface area (Å²) in [6.45, 7) is 2.58. The van der Waals surface area contributed by atoms with E-state index in [1.165, 1.54) is 0 Å². The summed E-state index contributed by atoms with van der Waals surface area (Å²) in [5.74, 6) is 1.43. The van der Waals surface area contributed by atoms with E-state index in [1.807, 2.05) is 92.6 Å². The number of nitrogen functional groups attached to an aromatic ring is 2. The Hall–Kier alpha value is -4.79. The van der Waals surface area contributed by atoms with Crippen LogP contribution in [0.1, 0.15) is 6.92 Å². The number of nitrogens with zero attached hydrogens (tertiary/aromatic N) is 6. The van der Waals surface area contributed by atoms with Crippen molar-refractivity contribution in [3.63, 3.8) is 0 Å². The van der Waals surface area contributed by atoms with E-state index in [9.17, 15) is 0 Å². The van der Waals surface area contributed by atoms with Crippen LogP contribution in [0.2, 0.25) is 0 Å². The summed E-state index contributed by atoms with van der Waals surface area (Å²) < 4.78 is 5.35. The zero-order valence-electron chi connectivity index (χ0n) is 20.6. The summed E-state index contributed by atoms with van der Waals surface area (Å²) in [5, 5.41) is 16.4. The van der Waals surface area contributed by atoms with Crippen LogP contribution in [-0.4, -0.2) is 25.7 Å². The van der Waals surface area contributed by atoms with Gasteiger partial charge in [0.25, 0.3) is 0 Å². The summed E-state index contributed by atoms with van der Waals surface area (Å²) in [7, 11) is 4.01. The Labute approximate surface area is 211 Å². The number of hydrogen-bond donors (Lipinski definition) is 2. The molecule has 9 nitrogen and oxygen atoms in total. The molecule has 0 fully saturated rings. The second-order valence-electron chi connectivity index (χ2n) is 7.74. The number of aromatic nitrogens is 1. The van der Waals surface area contributed by atoms with Gasteiger partial charge in [-0.25, -0.2) is 4.98 Å². The molecule has 0 saturated heterocycles. The van der Waals surface area contributed by atoms with Gasteiger partial charge in [-0.1, -0.05) is 6.07 Å². The molecule has 0 amide bonds. The minimum Gasteiger partial charge on any atom is -0.494 e. The molecule has 4 aromatic rings. The van der Waals surface area contributed by atoms with Crippen LogP contribution in [0.5, 0.6) is 5.75 Å². The molecule has 0 aliphatic rings. The van der Waals surface area contributed by atoms with Gasteiger partial charge in [0.1, 0.15) is 11.4 Å². The molecular formula is C27H30N8O. The van der Waals surface area contributed by atoms with Crippen LogP contribution >= 0.6 is 0 Å². The van der Waals surface area contributed by atoms with E-state index in [2.05, 4.69) is 25.4 Å². The lowest BCUT2D eigenvalue weighted by molar-refractivity contribution is 0.340. The van der Waals surface area contributed by atoms with Crippen molar-refractivity contribution < 1.29 is 4.74 Å². The molecule has 0 bridgehead atoms. The smallest absolute Gasteiger partial charge is 0.174 e. The molecule has 1 aromatic heterocycles. The molecule has 4 N–H and O–H groups in total. The highest BCUT2D eigenvalue weighted by Gasteiger charge is 1.98. The van der Waals surface area contributed by atoms with Crippen molar-refractivity contribution in [2.24, 2.45) is 20.5 Å². The summed E-state index contributed by atoms with van der Waals surface area (Å²) in [6.07, 6.45) is 1.70. The molecule has 0 atom stereocenters. The lowest BCUT2D eigenvalue weighted by atomic mass is 10.2. The monoisotopic (exact) mass is 482 g/mol. The van der Waals surface area contributed by atoms with Crippen molar-refractivity contribution in [2.75, 3.05) is 37.1 Å². The van der Waals surface area contributed by atoms with Crippen LogP contribution < -0.4 is 21.1 Å². The largest absolute Gasteiger partial charge is 0.494 e. The zero-order chi connectivity index (χ0) is 25.8. The summed E-state index contributed by atoms with van der Waals surface area (Å²) in [4.78, 5) is 6.11. The highest BCUT2D eigenvalue weighted by Crippen LogP contribution is 2.27. The molecular weight excluding hydrogens is 452 g/mol. The minimum atomic E-state index is 0.509. The molecule has 4 rings (SSSR count). The maximum absolute atomic E-state index is 5.80. The molecule has 0 aliphatic carbocycles. The third kappa shape index (κ3) is 8.21. The molecule has 0 saturated carbocycles. The van der Waals surface area contributed by atoms with Gasteiger partial charge in [0.05, 0.1) is 23.7 Å². The molecule has 0 aliphatic heterocycles. The SMILES string of the molecule is CCOc1ccc(N=Nc2ccc(N)cc2N)cc1.CN(C)c1ccc(N=Nc2ccccn2)cc1. The van der Waals surface area contributed by atoms with Gasteiger partial charge in [-0.2, -0.15) is 5.11 Å². The van der Waals surface area contributed by atoms with Gasteiger partial charge in [0, 0.05) is 31.7 Å². The Morgan fingerprint density at radius 3 is 2.03 bits per heavy atom. The molecule has 36 heavy (non-hydrogen) atoms. The first-order valence-electron chi connectivity index (χ1n) is 11.3. The lowest BCUT2D eigenvalue weighted by Gasteiger charge is -2.11. The highest BCUT2D eigenvalue weighted by atomic mass is 16.5. The molecule has 0 radical (unpaired) electrons. The van der Waals surface area contributed by atoms with Crippen molar-refractivity contribution in [3.8, 4) is 5.75 Å². The molecule has 0 spiro atoms. The van der Waals surface area contributed by atoms with E-state index in [0.29, 0.717) is 29.5 Å². The number of ether oxygens (including phenoxy) is 1. The summed E-state index contributed by atoms with van der Waals surface area (Å²) in [5.41, 5.74) is 15.8. The van der Waals surface area contributed by atoms with Crippen molar-refractivity contribution in [1.29, 1.82) is 0 Å². The first kappa shape index (κ1) is 25.8. The van der Waals surface area contributed by atoms with Gasteiger partial charge >= 0.3 is 0 Å². The summed E-state index contributed by atoms with van der Waals surface area (Å²) in [6, 6.07) is 25.9. The number of benzene rings is 3. The third-order valence-corrected chi connectivity index (χ3v) is 4.76. The van der Waals surface area contributed by atoms with Gasteiger partial charge in [-0.05, 0) is 85.8 Å². The maximum atomic E-state index is 5.80. The van der Waals surface area contributed by atoms with E-state index < -0.39 is 0 Å². The van der Waals surface area contributed by atoms with Gasteiger partial charge in [0.2, 0.25) is 0 Å². The van der Waals surface area contributed by atoms with Crippen molar-refractivity contribution in [1.82, 2.24) is 4.98 Å². The van der Waals surface area contributed by atoms with Crippen LogP contribution in [0.3, 0.4) is 0 Å². The number of hydrogen-bond acceptors (Lipinski definition) is 9. The van der Waals surface area contributed by atoms with E-state index in [4.69, 9.17) is 16.2 Å². The van der Waals surface area contributed by atoms with Gasteiger partial charge < -0.3 is 21.1 Å². The Bertz CT molecular complexity index is 1270. The second-order valence-corrected chi connectivity index (χ2v) is 7.74. The Kier molecular flexibility index (Phi) is 9.46. The number of pyridine rings is 1. The fourth-order valence-electron chi connectivity index (χ4n) is 2.89. The van der Waals surface area contributed by atoms with Gasteiger partial charge in [-0.3, -0.25) is 0 Å². The predicted octanol–water partition coefficient (Wildman–Crippen LogP) is 7.23. The molecule has 9 heteroatoms. The Balaban J connectivity index is 0.000000202. The molecule has 1 heterocycles. The van der Waals surface area contributed by atoms with E-state index in [1.54, 1.807) is 24.4 Å². The number of azo groups is 2. The topological polar surface area (TPSA) is 127 Å². The average Bonchev–Trinajstić information content (AvgIpc) is 2.89. The van der Waals surface area contributed by atoms with Crippen LogP contribution in [0.25, 0.3) is 0 Å². The Morgan fingerprint density at radius 2 is 1.44 bits per heavy atom. The first-order chi connectivity index (χ1) is 17.4. The standard InChI is InChI=1S/C14H16N4O.C13H14N4/c1-2-19-12-6-4-11(5-7-12)17-18-14-8-3-10(15)9-13(14)16;1-17(2)12-8-6-11(7-9-12)15-16-13-5-3-4-10-14-13/h3-9H,2,15-16H2,1H3;3-10H,1-2H3. The highest BCUT2D eigenvalue weighted by molar-refractivity contribution is 5.67. The molecule has 3 aromatic carbocycles. The lowest BCUT2D eigenvalue weighted by Crippen LogP contribution is -2.07. The quantitative estimate of drug-likeness (QED) is 0.212. The fourth-order valence-corrected chi connectivity index (χ4v) is 2.89. The van der Waals surface area contributed by atoms with Gasteiger partial charge in [-0.15, -0.1) is 15.3 Å². The third-order valence-electron chi connectivity index (χ3n) is 4.76. The van der Waals surface area contributed by atoms with E-state index >= 15 is 0 Å². The van der Waals surface area contributed by atoms with E-state index in [-0.39, 0.29) is 0 Å². The number of nitrogens with two attached hydrogens (primary N) is 2.